The van der Waals surface area contributed by atoms with Crippen LogP contribution in [0.15, 0.2) is 230 Å². The molecule has 0 saturated heterocycles. The Morgan fingerprint density at radius 2 is 1.04 bits per heavy atom. The average Bonchev–Trinajstić information content (AvgIpc) is 3.71. The molecule has 3 nitrogen and oxygen atoms in total. The SMILES string of the molecule is C=N.CC.CC.CCCC1=CC=CCC1c1cc2c(cc1C)C(c1ccccc1)(c1ccccc1)c1ccccc1-2.Cc1ccc(-c2ccccc2)cc1.N=C(N)c1cccc(-c2ccccc2)c1. The second kappa shape index (κ2) is 26.6. The van der Waals surface area contributed by atoms with Crippen LogP contribution in [0.5, 0.6) is 0 Å². The Labute approximate surface area is 414 Å². The molecular weight excluding hydrogens is 835 g/mol. The standard InChI is InChI=1S/C35H32.C13H12N2.C13H12.2C2H6.CH3N/c1-3-14-26-15-10-11-20-29(26)31-24-32-30-21-12-13-22-33(30)35(34(32)23-25(31)2,27-16-6-4-7-17-27)28-18-8-5-9-19-28;14-13(15)12-8-4-7-11(9-12)10-5-2-1-3-6-10;1-11-7-9-13(10-8-11)12-5-3-2-4-6-12;3*1-2/h4-13,15-19,21-24,29H,3,14,20H2,1-2H3;1-9H,(H3,14,15);2-10H,1H3;2*1-2H3;2H,1H2. The normalized spacial score (nSPS) is 13.1. The van der Waals surface area contributed by atoms with Gasteiger partial charge in [0.15, 0.2) is 0 Å². The van der Waals surface area contributed by atoms with Crippen molar-refractivity contribution in [2.24, 2.45) is 5.73 Å². The molecule has 0 aromatic heterocycles. The van der Waals surface area contributed by atoms with Crippen molar-refractivity contribution in [3.8, 4) is 33.4 Å². The van der Waals surface area contributed by atoms with E-state index in [4.69, 9.17) is 16.6 Å². The van der Waals surface area contributed by atoms with E-state index < -0.39 is 0 Å². The first kappa shape index (κ1) is 52.4. The molecule has 350 valence electrons. The predicted molar refractivity (Wildman–Crippen MR) is 300 cm³/mol. The lowest BCUT2D eigenvalue weighted by molar-refractivity contribution is 0.721. The minimum atomic E-state index is -0.313. The van der Waals surface area contributed by atoms with Gasteiger partial charge in [-0.2, -0.15) is 0 Å². The van der Waals surface area contributed by atoms with Gasteiger partial charge >= 0.3 is 0 Å². The Morgan fingerprint density at radius 3 is 1.59 bits per heavy atom. The van der Waals surface area contributed by atoms with Crippen molar-refractivity contribution >= 4 is 12.6 Å². The maximum Gasteiger partial charge on any atom is 0.122 e. The molecule has 0 saturated carbocycles. The van der Waals surface area contributed by atoms with Crippen molar-refractivity contribution in [3.63, 3.8) is 0 Å². The number of nitrogens with two attached hydrogens (primary N) is 1. The minimum Gasteiger partial charge on any atom is -0.384 e. The zero-order valence-corrected chi connectivity index (χ0v) is 41.8. The lowest BCUT2D eigenvalue weighted by atomic mass is 9.67. The molecule has 0 aliphatic heterocycles. The molecule has 8 aromatic carbocycles. The molecule has 4 N–H and O–H groups in total. The van der Waals surface area contributed by atoms with Crippen molar-refractivity contribution in [3.05, 3.63) is 275 Å². The highest BCUT2D eigenvalue weighted by Gasteiger charge is 2.46. The summed E-state index contributed by atoms with van der Waals surface area (Å²) in [6, 6.07) is 73.1. The summed E-state index contributed by atoms with van der Waals surface area (Å²) >= 11 is 0. The number of amidine groups is 1. The monoisotopic (exact) mass is 906 g/mol. The fourth-order valence-corrected chi connectivity index (χ4v) is 9.41. The van der Waals surface area contributed by atoms with Gasteiger partial charge in [-0.05, 0) is 112 Å². The molecule has 0 spiro atoms. The van der Waals surface area contributed by atoms with Crippen LogP contribution < -0.4 is 5.73 Å². The van der Waals surface area contributed by atoms with E-state index in [1.807, 2.05) is 88.4 Å². The third-order valence-corrected chi connectivity index (χ3v) is 12.5. The number of benzene rings is 8. The number of rotatable bonds is 8. The summed E-state index contributed by atoms with van der Waals surface area (Å²) in [4.78, 5) is 0. The fraction of sp³-hybridized carbons (Fsp3) is 0.182. The molecule has 8 aromatic rings. The number of aryl methyl sites for hydroxylation is 2. The summed E-state index contributed by atoms with van der Waals surface area (Å²) in [5, 5.41) is 12.9. The van der Waals surface area contributed by atoms with Gasteiger partial charge in [0.2, 0.25) is 0 Å². The van der Waals surface area contributed by atoms with Gasteiger partial charge in [-0.25, -0.2) is 0 Å². The number of hydrogen-bond donors (Lipinski definition) is 3. The summed E-state index contributed by atoms with van der Waals surface area (Å²) in [6.45, 7) is 17.2. The molecule has 0 amide bonds. The van der Waals surface area contributed by atoms with Gasteiger partial charge in [0, 0.05) is 11.5 Å². The maximum absolute atomic E-state index is 7.37. The second-order valence-corrected chi connectivity index (χ2v) is 16.6. The Morgan fingerprint density at radius 1 is 0.551 bits per heavy atom. The Balaban J connectivity index is 0.000000215. The van der Waals surface area contributed by atoms with Crippen molar-refractivity contribution in [1.29, 1.82) is 10.8 Å². The number of nitrogen functional groups attached to an aromatic ring is 1. The fourth-order valence-electron chi connectivity index (χ4n) is 9.41. The first-order valence-electron chi connectivity index (χ1n) is 24.6. The maximum atomic E-state index is 7.37. The Hall–Kier alpha value is -7.62. The summed E-state index contributed by atoms with van der Waals surface area (Å²) < 4.78 is 0. The van der Waals surface area contributed by atoms with Gasteiger partial charge in [0.25, 0.3) is 0 Å². The van der Waals surface area contributed by atoms with Gasteiger partial charge in [-0.3, -0.25) is 5.41 Å². The third kappa shape index (κ3) is 12.3. The van der Waals surface area contributed by atoms with Gasteiger partial charge in [-0.15, -0.1) is 0 Å². The summed E-state index contributed by atoms with van der Waals surface area (Å²) in [5.41, 5.74) is 24.6. The van der Waals surface area contributed by atoms with Crippen LogP contribution >= 0.6 is 0 Å². The van der Waals surface area contributed by atoms with Crippen molar-refractivity contribution in [2.75, 3.05) is 0 Å². The van der Waals surface area contributed by atoms with Crippen molar-refractivity contribution in [1.82, 2.24) is 0 Å². The van der Waals surface area contributed by atoms with Crippen LogP contribution in [-0.2, 0) is 5.41 Å². The van der Waals surface area contributed by atoms with Crippen LogP contribution in [0.1, 0.15) is 104 Å². The zero-order chi connectivity index (χ0) is 49.6. The summed E-state index contributed by atoms with van der Waals surface area (Å²) in [7, 11) is 0. The largest absolute Gasteiger partial charge is 0.384 e. The molecule has 0 bridgehead atoms. The number of hydrogen-bond acceptors (Lipinski definition) is 2. The molecule has 0 heterocycles. The van der Waals surface area contributed by atoms with E-state index >= 15 is 0 Å². The summed E-state index contributed by atoms with van der Waals surface area (Å²) in [5.74, 6) is 0.577. The van der Waals surface area contributed by atoms with Crippen LogP contribution in [0, 0.1) is 24.7 Å². The van der Waals surface area contributed by atoms with Crippen LogP contribution in [-0.4, -0.2) is 12.6 Å². The number of allylic oxidation sites excluding steroid dienone is 4. The lowest BCUT2D eigenvalue weighted by Crippen LogP contribution is -2.28. The van der Waals surface area contributed by atoms with E-state index in [1.54, 1.807) is 5.57 Å². The molecule has 1 unspecified atom stereocenters. The molecule has 10 rings (SSSR count). The molecule has 0 radical (unpaired) electrons. The molecule has 69 heavy (non-hydrogen) atoms. The van der Waals surface area contributed by atoms with E-state index in [1.165, 1.54) is 74.0 Å². The highest BCUT2D eigenvalue weighted by Crippen LogP contribution is 2.57. The van der Waals surface area contributed by atoms with Crippen LogP contribution in [0.3, 0.4) is 0 Å². The van der Waals surface area contributed by atoms with E-state index in [9.17, 15) is 0 Å². The molecule has 0 fully saturated rings. The molecular formula is C66H71N3. The van der Waals surface area contributed by atoms with Gasteiger partial charge in [-0.1, -0.05) is 265 Å². The molecule has 2 aliphatic rings. The van der Waals surface area contributed by atoms with Gasteiger partial charge in [0.05, 0.1) is 5.41 Å². The Bertz CT molecular complexity index is 2820. The molecule has 3 heteroatoms. The first-order chi connectivity index (χ1) is 33.9. The molecule has 1 atom stereocenters. The van der Waals surface area contributed by atoms with E-state index in [0.717, 1.165) is 23.1 Å². The van der Waals surface area contributed by atoms with Gasteiger partial charge in [0.1, 0.15) is 5.84 Å². The van der Waals surface area contributed by atoms with E-state index in [0.29, 0.717) is 5.92 Å². The van der Waals surface area contributed by atoms with Crippen LogP contribution in [0.25, 0.3) is 33.4 Å². The summed E-state index contributed by atoms with van der Waals surface area (Å²) in [6.07, 6.45) is 10.4. The number of nitrogens with one attached hydrogen (secondary N) is 2. The predicted octanol–water partition coefficient (Wildman–Crippen LogP) is 17.7. The second-order valence-electron chi connectivity index (χ2n) is 16.6. The molecule has 2 aliphatic carbocycles. The highest BCUT2D eigenvalue weighted by atomic mass is 14.7. The minimum absolute atomic E-state index is 0.104. The number of fused-ring (bicyclic) bond motifs is 3. The van der Waals surface area contributed by atoms with Crippen molar-refractivity contribution < 1.29 is 0 Å². The average molecular weight is 906 g/mol. The lowest BCUT2D eigenvalue weighted by Gasteiger charge is -2.34. The van der Waals surface area contributed by atoms with E-state index in [2.05, 4.69) is 191 Å². The van der Waals surface area contributed by atoms with Crippen LogP contribution in [0.2, 0.25) is 0 Å². The topological polar surface area (TPSA) is 73.7 Å². The quantitative estimate of drug-likeness (QED) is 0.103. The van der Waals surface area contributed by atoms with Crippen LogP contribution in [0.4, 0.5) is 0 Å². The zero-order valence-electron chi connectivity index (χ0n) is 41.8. The third-order valence-electron chi connectivity index (χ3n) is 12.5. The van der Waals surface area contributed by atoms with E-state index in [-0.39, 0.29) is 11.3 Å². The first-order valence-corrected chi connectivity index (χ1v) is 24.6. The Kier molecular flexibility index (Phi) is 20.2. The highest BCUT2D eigenvalue weighted by molar-refractivity contribution is 5.96. The van der Waals surface area contributed by atoms with Gasteiger partial charge < -0.3 is 11.1 Å². The smallest absolute Gasteiger partial charge is 0.122 e. The van der Waals surface area contributed by atoms with Crippen molar-refractivity contribution in [2.45, 2.75) is 79.1 Å².